The van der Waals surface area contributed by atoms with Gasteiger partial charge in [-0.05, 0) is 43.9 Å². The molecular formula is C20H19F4N5. The van der Waals surface area contributed by atoms with Crippen LogP contribution in [-0.4, -0.2) is 40.5 Å². The summed E-state index contributed by atoms with van der Waals surface area (Å²) in [7, 11) is 3.67. The fourth-order valence-electron chi connectivity index (χ4n) is 2.80. The Hall–Kier alpha value is -3.07. The van der Waals surface area contributed by atoms with E-state index in [0.717, 1.165) is 11.6 Å². The predicted molar refractivity (Wildman–Crippen MR) is 102 cm³/mol. The van der Waals surface area contributed by atoms with Crippen LogP contribution in [-0.2, 0) is 6.18 Å². The van der Waals surface area contributed by atoms with Crippen LogP contribution in [0.3, 0.4) is 0 Å². The molecule has 29 heavy (non-hydrogen) atoms. The minimum absolute atomic E-state index is 0.0482. The maximum atomic E-state index is 13.3. The molecule has 1 aromatic carbocycles. The number of hydrogen-bond acceptors (Lipinski definition) is 5. The number of benzene rings is 1. The fourth-order valence-corrected chi connectivity index (χ4v) is 2.80. The number of halogens is 4. The van der Waals surface area contributed by atoms with E-state index in [9.17, 15) is 17.6 Å². The molecule has 0 spiro atoms. The molecule has 0 aliphatic carbocycles. The van der Waals surface area contributed by atoms with Crippen molar-refractivity contribution in [1.82, 2.24) is 19.9 Å². The summed E-state index contributed by atoms with van der Waals surface area (Å²) in [5, 5.41) is 2.96. The minimum Gasteiger partial charge on any atom is -0.368 e. The van der Waals surface area contributed by atoms with Gasteiger partial charge in [-0.1, -0.05) is 12.1 Å². The highest BCUT2D eigenvalue weighted by Crippen LogP contribution is 2.31. The Bertz CT molecular complexity index is 943. The highest BCUT2D eigenvalue weighted by Gasteiger charge is 2.34. The van der Waals surface area contributed by atoms with E-state index in [1.807, 2.05) is 19.0 Å². The van der Waals surface area contributed by atoms with Crippen molar-refractivity contribution < 1.29 is 17.6 Å². The quantitative estimate of drug-likeness (QED) is 0.616. The highest BCUT2D eigenvalue weighted by atomic mass is 19.4. The highest BCUT2D eigenvalue weighted by molar-refractivity contribution is 5.57. The van der Waals surface area contributed by atoms with Gasteiger partial charge in [-0.3, -0.25) is 4.98 Å². The number of alkyl halides is 3. The van der Waals surface area contributed by atoms with Crippen LogP contribution in [0.1, 0.15) is 17.3 Å². The second-order valence-electron chi connectivity index (χ2n) is 6.61. The summed E-state index contributed by atoms with van der Waals surface area (Å²) in [4.78, 5) is 13.6. The smallest absolute Gasteiger partial charge is 0.368 e. The number of hydrogen-bond donors (Lipinski definition) is 1. The molecule has 1 atom stereocenters. The molecule has 3 rings (SSSR count). The van der Waals surface area contributed by atoms with Crippen molar-refractivity contribution in [3.8, 4) is 11.4 Å². The van der Waals surface area contributed by atoms with Gasteiger partial charge in [-0.15, -0.1) is 0 Å². The molecule has 5 nitrogen and oxygen atoms in total. The van der Waals surface area contributed by atoms with Gasteiger partial charge in [0.25, 0.3) is 0 Å². The first-order valence-electron chi connectivity index (χ1n) is 8.76. The SMILES string of the molecule is CN(C)C(CNc1cc(C(F)(F)F)nc(-c2ccncc2)n1)c1ccc(F)cc1. The molecule has 0 amide bonds. The second-order valence-corrected chi connectivity index (χ2v) is 6.61. The first-order valence-corrected chi connectivity index (χ1v) is 8.76. The molecule has 1 unspecified atom stereocenters. The average Bonchev–Trinajstić information content (AvgIpc) is 2.69. The maximum Gasteiger partial charge on any atom is 0.433 e. The molecule has 3 aromatic rings. The first kappa shape index (κ1) is 20.7. The summed E-state index contributed by atoms with van der Waals surface area (Å²) >= 11 is 0. The zero-order valence-corrected chi connectivity index (χ0v) is 15.8. The predicted octanol–water partition coefficient (Wildman–Crippen LogP) is 4.41. The Labute approximate surface area is 165 Å². The molecule has 0 saturated heterocycles. The molecule has 2 aromatic heterocycles. The first-order chi connectivity index (χ1) is 13.7. The van der Waals surface area contributed by atoms with Crippen molar-refractivity contribution in [3.63, 3.8) is 0 Å². The van der Waals surface area contributed by atoms with Crippen molar-refractivity contribution in [2.75, 3.05) is 26.0 Å². The Kier molecular flexibility index (Phi) is 6.07. The largest absolute Gasteiger partial charge is 0.433 e. The van der Waals surface area contributed by atoms with E-state index in [1.54, 1.807) is 24.3 Å². The van der Waals surface area contributed by atoms with Crippen molar-refractivity contribution >= 4 is 5.82 Å². The third-order valence-corrected chi connectivity index (χ3v) is 4.31. The zero-order chi connectivity index (χ0) is 21.0. The van der Waals surface area contributed by atoms with Crippen LogP contribution in [0.4, 0.5) is 23.4 Å². The number of anilines is 1. The summed E-state index contributed by atoms with van der Waals surface area (Å²) in [6, 6.07) is 9.74. The Morgan fingerprint density at radius 3 is 2.24 bits per heavy atom. The van der Waals surface area contributed by atoms with Gasteiger partial charge in [-0.25, -0.2) is 14.4 Å². The Morgan fingerprint density at radius 2 is 1.66 bits per heavy atom. The van der Waals surface area contributed by atoms with Crippen molar-refractivity contribution in [2.24, 2.45) is 0 Å². The van der Waals surface area contributed by atoms with Gasteiger partial charge >= 0.3 is 6.18 Å². The summed E-state index contributed by atoms with van der Waals surface area (Å²) in [6.45, 7) is 0.267. The summed E-state index contributed by atoms with van der Waals surface area (Å²) in [5.74, 6) is -0.354. The van der Waals surface area contributed by atoms with E-state index >= 15 is 0 Å². The number of nitrogens with zero attached hydrogens (tertiary/aromatic N) is 4. The number of likely N-dealkylation sites (N-methyl/N-ethyl adjacent to an activating group) is 1. The van der Waals surface area contributed by atoms with Crippen LogP contribution in [0, 0.1) is 5.82 Å². The number of nitrogens with one attached hydrogen (secondary N) is 1. The van der Waals surface area contributed by atoms with E-state index in [0.29, 0.717) is 5.56 Å². The molecule has 2 heterocycles. The molecule has 9 heteroatoms. The molecule has 0 saturated carbocycles. The third-order valence-electron chi connectivity index (χ3n) is 4.31. The molecule has 0 bridgehead atoms. The standard InChI is InChI=1S/C20H19F4N5/c1-29(2)16(13-3-5-15(21)6-4-13)12-26-18-11-17(20(22,23)24)27-19(28-18)14-7-9-25-10-8-14/h3-11,16H,12H2,1-2H3,(H,26,27,28). The topological polar surface area (TPSA) is 53.9 Å². The molecule has 0 radical (unpaired) electrons. The van der Waals surface area contributed by atoms with E-state index in [4.69, 9.17) is 0 Å². The molecule has 152 valence electrons. The average molecular weight is 405 g/mol. The van der Waals surface area contributed by atoms with Crippen LogP contribution >= 0.6 is 0 Å². The number of pyridine rings is 1. The van der Waals surface area contributed by atoms with Gasteiger partial charge in [0.15, 0.2) is 11.5 Å². The second kappa shape index (κ2) is 8.52. The van der Waals surface area contributed by atoms with Crippen molar-refractivity contribution in [2.45, 2.75) is 12.2 Å². The van der Waals surface area contributed by atoms with E-state index < -0.39 is 11.9 Å². The molecule has 0 aliphatic rings. The molecule has 0 aliphatic heterocycles. The van der Waals surface area contributed by atoms with Gasteiger partial charge in [0, 0.05) is 30.6 Å². The van der Waals surface area contributed by atoms with Gasteiger partial charge in [0.05, 0.1) is 6.04 Å². The molecule has 1 N–H and O–H groups in total. The van der Waals surface area contributed by atoms with Crippen molar-refractivity contribution in [1.29, 1.82) is 0 Å². The van der Waals surface area contributed by atoms with Crippen LogP contribution in [0.15, 0.2) is 54.9 Å². The van der Waals surface area contributed by atoms with Crippen molar-refractivity contribution in [3.05, 3.63) is 71.9 Å². The lowest BCUT2D eigenvalue weighted by atomic mass is 10.1. The molecular weight excluding hydrogens is 386 g/mol. The van der Waals surface area contributed by atoms with Crippen LogP contribution in [0.25, 0.3) is 11.4 Å². The summed E-state index contributed by atoms with van der Waals surface area (Å²) < 4.78 is 53.2. The third kappa shape index (κ3) is 5.26. The summed E-state index contributed by atoms with van der Waals surface area (Å²) in [6.07, 6.45) is -1.69. The van der Waals surface area contributed by atoms with Crippen LogP contribution in [0.5, 0.6) is 0 Å². The Morgan fingerprint density at radius 1 is 1.00 bits per heavy atom. The van der Waals surface area contributed by atoms with Crippen LogP contribution < -0.4 is 5.32 Å². The fraction of sp³-hybridized carbons (Fsp3) is 0.250. The monoisotopic (exact) mass is 405 g/mol. The zero-order valence-electron chi connectivity index (χ0n) is 15.8. The van der Waals surface area contributed by atoms with E-state index in [1.165, 1.54) is 24.5 Å². The molecule has 0 fully saturated rings. The van der Waals surface area contributed by atoms with Gasteiger partial charge in [0.1, 0.15) is 11.6 Å². The van der Waals surface area contributed by atoms with E-state index in [2.05, 4.69) is 20.3 Å². The lowest BCUT2D eigenvalue weighted by Gasteiger charge is -2.25. The normalized spacial score (nSPS) is 12.8. The minimum atomic E-state index is -4.61. The summed E-state index contributed by atoms with van der Waals surface area (Å²) in [5.41, 5.74) is 0.213. The Balaban J connectivity index is 1.90. The van der Waals surface area contributed by atoms with Crippen LogP contribution in [0.2, 0.25) is 0 Å². The van der Waals surface area contributed by atoms with Gasteiger partial charge < -0.3 is 10.2 Å². The lowest BCUT2D eigenvalue weighted by molar-refractivity contribution is -0.141. The van der Waals surface area contributed by atoms with Gasteiger partial charge in [0.2, 0.25) is 0 Å². The van der Waals surface area contributed by atoms with E-state index in [-0.39, 0.29) is 30.0 Å². The number of aromatic nitrogens is 3. The maximum absolute atomic E-state index is 13.3. The lowest BCUT2D eigenvalue weighted by Crippen LogP contribution is -2.27. The number of rotatable bonds is 6. The van der Waals surface area contributed by atoms with Gasteiger partial charge in [-0.2, -0.15) is 13.2 Å².